The highest BCUT2D eigenvalue weighted by molar-refractivity contribution is 6.67. The number of rotatable bonds is 5. The van der Waals surface area contributed by atoms with Crippen molar-refractivity contribution in [3.05, 3.63) is 47.9 Å². The predicted octanol–water partition coefficient (Wildman–Crippen LogP) is 2.15. The van der Waals surface area contributed by atoms with Gasteiger partial charge in [-0.25, -0.2) is 0 Å². The SMILES string of the molecule is O=C(Cl)c1[nH]ncc1OCc1ccccc1-c1cn[nH]n1. The van der Waals surface area contributed by atoms with Crippen molar-refractivity contribution in [1.29, 1.82) is 0 Å². The molecule has 8 heteroatoms. The number of benzene rings is 1. The van der Waals surface area contributed by atoms with Crippen molar-refractivity contribution in [1.82, 2.24) is 25.6 Å². The third kappa shape index (κ3) is 2.77. The van der Waals surface area contributed by atoms with Crippen LogP contribution in [0.3, 0.4) is 0 Å². The number of H-pyrrole nitrogens is 2. The maximum Gasteiger partial charge on any atom is 0.274 e. The number of carbonyl (C=O) groups is 1. The molecule has 0 spiro atoms. The molecular formula is C13H10ClN5O2. The van der Waals surface area contributed by atoms with Gasteiger partial charge in [-0.3, -0.25) is 9.89 Å². The Bertz CT molecular complexity index is 754. The highest BCUT2D eigenvalue weighted by atomic mass is 35.5. The van der Waals surface area contributed by atoms with E-state index in [1.54, 1.807) is 6.20 Å². The monoisotopic (exact) mass is 303 g/mol. The quantitative estimate of drug-likeness (QED) is 0.704. The zero-order valence-corrected chi connectivity index (χ0v) is 11.5. The molecule has 0 atom stereocenters. The first-order valence-corrected chi connectivity index (χ1v) is 6.43. The van der Waals surface area contributed by atoms with Crippen LogP contribution in [0.5, 0.6) is 5.75 Å². The van der Waals surface area contributed by atoms with E-state index in [-0.39, 0.29) is 12.3 Å². The summed E-state index contributed by atoms with van der Waals surface area (Å²) in [6.07, 6.45) is 3.04. The van der Waals surface area contributed by atoms with Crippen LogP contribution in [-0.4, -0.2) is 30.9 Å². The molecule has 2 heterocycles. The first kappa shape index (κ1) is 13.3. The van der Waals surface area contributed by atoms with Crippen LogP contribution >= 0.6 is 11.6 Å². The van der Waals surface area contributed by atoms with Crippen LogP contribution in [0.25, 0.3) is 11.3 Å². The lowest BCUT2D eigenvalue weighted by Gasteiger charge is -2.08. The minimum atomic E-state index is -0.646. The van der Waals surface area contributed by atoms with Gasteiger partial charge in [-0.15, -0.1) is 0 Å². The van der Waals surface area contributed by atoms with Gasteiger partial charge in [0.15, 0.2) is 11.4 Å². The van der Waals surface area contributed by atoms with Crippen molar-refractivity contribution in [3.63, 3.8) is 0 Å². The number of hydrogen-bond donors (Lipinski definition) is 2. The molecule has 0 amide bonds. The molecule has 2 N–H and O–H groups in total. The summed E-state index contributed by atoms with van der Waals surface area (Å²) in [7, 11) is 0. The molecule has 7 nitrogen and oxygen atoms in total. The maximum absolute atomic E-state index is 11.2. The summed E-state index contributed by atoms with van der Waals surface area (Å²) >= 11 is 5.43. The molecule has 0 saturated carbocycles. The number of nitrogens with zero attached hydrogens (tertiary/aromatic N) is 3. The normalized spacial score (nSPS) is 10.5. The van der Waals surface area contributed by atoms with Gasteiger partial charge in [-0.05, 0) is 17.2 Å². The smallest absolute Gasteiger partial charge is 0.274 e. The second-order valence-corrected chi connectivity index (χ2v) is 4.53. The van der Waals surface area contributed by atoms with E-state index in [2.05, 4.69) is 25.6 Å². The molecule has 3 rings (SSSR count). The fourth-order valence-corrected chi connectivity index (χ4v) is 2.04. The Hall–Kier alpha value is -2.67. The highest BCUT2D eigenvalue weighted by Gasteiger charge is 2.14. The molecule has 106 valence electrons. The third-order valence-electron chi connectivity index (χ3n) is 2.89. The van der Waals surface area contributed by atoms with Crippen LogP contribution in [0.1, 0.15) is 16.1 Å². The number of ether oxygens (including phenoxy) is 1. The molecule has 0 bridgehead atoms. The molecule has 3 aromatic rings. The summed E-state index contributed by atoms with van der Waals surface area (Å²) in [5.74, 6) is 0.310. The minimum absolute atomic E-state index is 0.135. The van der Waals surface area contributed by atoms with Gasteiger partial charge in [0.2, 0.25) is 0 Å². The largest absolute Gasteiger partial charge is 0.485 e. The number of hydrogen-bond acceptors (Lipinski definition) is 5. The molecule has 0 aliphatic heterocycles. The Labute approximate surface area is 124 Å². The zero-order valence-electron chi connectivity index (χ0n) is 10.7. The van der Waals surface area contributed by atoms with Gasteiger partial charge in [0.25, 0.3) is 5.24 Å². The van der Waals surface area contributed by atoms with Gasteiger partial charge in [0.1, 0.15) is 12.3 Å². The van der Waals surface area contributed by atoms with Crippen molar-refractivity contribution in [3.8, 4) is 17.0 Å². The summed E-state index contributed by atoms with van der Waals surface area (Å²) in [6.45, 7) is 0.250. The van der Waals surface area contributed by atoms with Crippen LogP contribution in [0.4, 0.5) is 0 Å². The van der Waals surface area contributed by atoms with E-state index >= 15 is 0 Å². The van der Waals surface area contributed by atoms with Gasteiger partial charge in [0, 0.05) is 5.56 Å². The third-order valence-corrected chi connectivity index (χ3v) is 3.08. The minimum Gasteiger partial charge on any atom is -0.485 e. The lowest BCUT2D eigenvalue weighted by atomic mass is 10.1. The van der Waals surface area contributed by atoms with Crippen LogP contribution in [0.2, 0.25) is 0 Å². The summed E-state index contributed by atoms with van der Waals surface area (Å²) in [5, 5.41) is 16.0. The van der Waals surface area contributed by atoms with Gasteiger partial charge < -0.3 is 4.74 Å². The van der Waals surface area contributed by atoms with Crippen LogP contribution in [0, 0.1) is 0 Å². The molecule has 0 radical (unpaired) electrons. The van der Waals surface area contributed by atoms with E-state index in [0.717, 1.165) is 16.8 Å². The second kappa shape index (κ2) is 5.76. The first-order chi connectivity index (χ1) is 10.3. The van der Waals surface area contributed by atoms with E-state index < -0.39 is 5.24 Å². The number of aromatic amines is 2. The van der Waals surface area contributed by atoms with Crippen LogP contribution in [-0.2, 0) is 6.61 Å². The zero-order chi connectivity index (χ0) is 14.7. The number of nitrogens with one attached hydrogen (secondary N) is 2. The van der Waals surface area contributed by atoms with Crippen molar-refractivity contribution in [2.24, 2.45) is 0 Å². The van der Waals surface area contributed by atoms with E-state index in [1.165, 1.54) is 6.20 Å². The lowest BCUT2D eigenvalue weighted by molar-refractivity contribution is 0.107. The summed E-state index contributed by atoms with van der Waals surface area (Å²) in [6, 6.07) is 7.62. The molecule has 0 aliphatic carbocycles. The highest BCUT2D eigenvalue weighted by Crippen LogP contribution is 2.23. The molecular weight excluding hydrogens is 294 g/mol. The van der Waals surface area contributed by atoms with E-state index in [4.69, 9.17) is 16.3 Å². The molecule has 0 saturated heterocycles. The number of halogens is 1. The fraction of sp³-hybridized carbons (Fsp3) is 0.0769. The first-order valence-electron chi connectivity index (χ1n) is 6.05. The summed E-state index contributed by atoms with van der Waals surface area (Å²) in [5.41, 5.74) is 2.65. The number of aromatic nitrogens is 5. The van der Waals surface area contributed by atoms with Crippen molar-refractivity contribution >= 4 is 16.8 Å². The van der Waals surface area contributed by atoms with E-state index in [1.807, 2.05) is 24.3 Å². The molecule has 21 heavy (non-hydrogen) atoms. The van der Waals surface area contributed by atoms with Crippen molar-refractivity contribution < 1.29 is 9.53 Å². The standard InChI is InChI=1S/C13H10ClN5O2/c14-13(20)12-11(6-15-18-12)21-7-8-3-1-2-4-9(8)10-5-16-19-17-10/h1-6H,7H2,(H,15,18)(H,16,17,19). The van der Waals surface area contributed by atoms with E-state index in [9.17, 15) is 4.79 Å². The molecule has 2 aromatic heterocycles. The molecule has 0 unspecified atom stereocenters. The van der Waals surface area contributed by atoms with Crippen molar-refractivity contribution in [2.45, 2.75) is 6.61 Å². The van der Waals surface area contributed by atoms with Crippen molar-refractivity contribution in [2.75, 3.05) is 0 Å². The number of carbonyl (C=O) groups excluding carboxylic acids is 1. The Kier molecular flexibility index (Phi) is 3.65. The van der Waals surface area contributed by atoms with Gasteiger partial charge >= 0.3 is 0 Å². The molecule has 0 aliphatic rings. The lowest BCUT2D eigenvalue weighted by Crippen LogP contribution is -2.01. The Balaban J connectivity index is 1.83. The predicted molar refractivity (Wildman–Crippen MR) is 74.9 cm³/mol. The van der Waals surface area contributed by atoms with Gasteiger partial charge in [-0.2, -0.15) is 20.5 Å². The van der Waals surface area contributed by atoms with Crippen LogP contribution in [0.15, 0.2) is 36.7 Å². The fourth-order valence-electron chi connectivity index (χ4n) is 1.91. The summed E-state index contributed by atoms with van der Waals surface area (Å²) < 4.78 is 5.61. The van der Waals surface area contributed by atoms with Gasteiger partial charge in [0.05, 0.1) is 12.4 Å². The molecule has 0 fully saturated rings. The average Bonchev–Trinajstić information content (AvgIpc) is 3.16. The van der Waals surface area contributed by atoms with Crippen LogP contribution < -0.4 is 4.74 Å². The molecule has 1 aromatic carbocycles. The topological polar surface area (TPSA) is 96.5 Å². The Morgan fingerprint density at radius 1 is 1.24 bits per heavy atom. The Morgan fingerprint density at radius 3 is 2.86 bits per heavy atom. The second-order valence-electron chi connectivity index (χ2n) is 4.18. The maximum atomic E-state index is 11.2. The summed E-state index contributed by atoms with van der Waals surface area (Å²) in [4.78, 5) is 11.2. The van der Waals surface area contributed by atoms with Gasteiger partial charge in [-0.1, -0.05) is 24.3 Å². The average molecular weight is 304 g/mol. The Morgan fingerprint density at radius 2 is 2.10 bits per heavy atom. The van der Waals surface area contributed by atoms with E-state index in [0.29, 0.717) is 5.75 Å².